The van der Waals surface area contributed by atoms with Gasteiger partial charge in [0.05, 0.1) is 0 Å². The van der Waals surface area contributed by atoms with Gasteiger partial charge in [-0.15, -0.1) is 0 Å². The number of hydrogen-bond donors (Lipinski definition) is 2. The molecule has 0 spiro atoms. The van der Waals surface area contributed by atoms with Gasteiger partial charge in [-0.05, 0) is 67.5 Å². The summed E-state index contributed by atoms with van der Waals surface area (Å²) < 4.78 is 11.9. The van der Waals surface area contributed by atoms with Gasteiger partial charge in [0.25, 0.3) is 0 Å². The van der Waals surface area contributed by atoms with Crippen molar-refractivity contribution in [2.45, 2.75) is 82.8 Å². The summed E-state index contributed by atoms with van der Waals surface area (Å²) in [5.41, 5.74) is 8.03. The van der Waals surface area contributed by atoms with Crippen LogP contribution in [0, 0.1) is 5.92 Å². The first-order valence-corrected chi connectivity index (χ1v) is 13.3. The lowest BCUT2D eigenvalue weighted by molar-refractivity contribution is 0.0699. The zero-order valence-electron chi connectivity index (χ0n) is 21.1. The van der Waals surface area contributed by atoms with Crippen LogP contribution in [0.1, 0.15) is 69.8 Å². The van der Waals surface area contributed by atoms with Crippen LogP contribution in [0.4, 0.5) is 10.5 Å². The quantitative estimate of drug-likeness (QED) is 0.401. The van der Waals surface area contributed by atoms with Crippen molar-refractivity contribution >= 4 is 11.8 Å². The molecule has 0 saturated heterocycles. The molecular formula is C29H41N3O3. The Hall–Kier alpha value is -2.73. The second-order valence-electron chi connectivity index (χ2n) is 10.1. The highest BCUT2D eigenvalue weighted by Crippen LogP contribution is 2.29. The average Bonchev–Trinajstić information content (AvgIpc) is 2.91. The molecule has 0 heterocycles. The largest absolute Gasteiger partial charge is 0.457 e. The van der Waals surface area contributed by atoms with Crippen LogP contribution in [-0.2, 0) is 11.3 Å². The Kier molecular flexibility index (Phi) is 9.29. The molecule has 1 unspecified atom stereocenters. The summed E-state index contributed by atoms with van der Waals surface area (Å²) in [6.07, 6.45) is 11.7. The predicted octanol–water partition coefficient (Wildman–Crippen LogP) is 6.50. The summed E-state index contributed by atoms with van der Waals surface area (Å²) in [7, 11) is 1.89. The SMILES string of the molecule is CN(C(=O)OCC(NCc1cc(Oc2ccccc2)ccc1N)C1CCCCC1)C1CCCCC1. The van der Waals surface area contributed by atoms with Crippen LogP contribution < -0.4 is 15.8 Å². The number of benzene rings is 2. The average molecular weight is 480 g/mol. The van der Waals surface area contributed by atoms with Crippen molar-refractivity contribution in [2.75, 3.05) is 19.4 Å². The van der Waals surface area contributed by atoms with E-state index in [4.69, 9.17) is 15.2 Å². The Morgan fingerprint density at radius 3 is 2.37 bits per heavy atom. The zero-order valence-corrected chi connectivity index (χ0v) is 21.1. The van der Waals surface area contributed by atoms with Crippen molar-refractivity contribution in [3.05, 3.63) is 54.1 Å². The van der Waals surface area contributed by atoms with Gasteiger partial charge in [0, 0.05) is 31.4 Å². The number of ether oxygens (including phenoxy) is 2. The van der Waals surface area contributed by atoms with E-state index in [1.165, 1.54) is 51.4 Å². The van der Waals surface area contributed by atoms with E-state index in [-0.39, 0.29) is 12.1 Å². The van der Waals surface area contributed by atoms with E-state index >= 15 is 0 Å². The molecule has 2 saturated carbocycles. The number of carbonyl (C=O) groups is 1. The molecule has 0 aliphatic heterocycles. The molecule has 35 heavy (non-hydrogen) atoms. The molecule has 0 bridgehead atoms. The number of nitrogens with one attached hydrogen (secondary N) is 1. The fourth-order valence-corrected chi connectivity index (χ4v) is 5.44. The summed E-state index contributed by atoms with van der Waals surface area (Å²) in [6.45, 7) is 0.996. The standard InChI is InChI=1S/C29H41N3O3/c1-32(24-13-7-3-8-14-24)29(33)34-21-28(22-11-5-2-6-12-22)31-20-23-19-26(17-18-27(23)30)35-25-15-9-4-10-16-25/h4,9-10,15-19,22,24,28,31H,2-3,5-8,11-14,20-21,30H2,1H3. The first-order valence-electron chi connectivity index (χ1n) is 13.3. The number of nitrogen functional groups attached to an aromatic ring is 1. The number of anilines is 1. The van der Waals surface area contributed by atoms with E-state index in [0.29, 0.717) is 25.1 Å². The van der Waals surface area contributed by atoms with E-state index in [1.54, 1.807) is 0 Å². The third kappa shape index (κ3) is 7.38. The predicted molar refractivity (Wildman–Crippen MR) is 141 cm³/mol. The molecule has 2 aromatic rings. The van der Waals surface area contributed by atoms with Crippen LogP contribution in [0.25, 0.3) is 0 Å². The maximum absolute atomic E-state index is 12.8. The van der Waals surface area contributed by atoms with Gasteiger partial charge >= 0.3 is 6.09 Å². The summed E-state index contributed by atoms with van der Waals surface area (Å²) >= 11 is 0. The van der Waals surface area contributed by atoms with Crippen LogP contribution in [0.2, 0.25) is 0 Å². The van der Waals surface area contributed by atoms with E-state index in [9.17, 15) is 4.79 Å². The molecule has 2 fully saturated rings. The minimum Gasteiger partial charge on any atom is -0.457 e. The van der Waals surface area contributed by atoms with Gasteiger partial charge < -0.3 is 25.4 Å². The molecule has 3 N–H and O–H groups in total. The molecular weight excluding hydrogens is 438 g/mol. The minimum atomic E-state index is -0.197. The number of nitrogens with two attached hydrogens (primary N) is 1. The number of hydrogen-bond acceptors (Lipinski definition) is 5. The van der Waals surface area contributed by atoms with E-state index in [1.807, 2.05) is 60.5 Å². The Morgan fingerprint density at radius 2 is 1.66 bits per heavy atom. The van der Waals surface area contributed by atoms with Crippen molar-refractivity contribution < 1.29 is 14.3 Å². The summed E-state index contributed by atoms with van der Waals surface area (Å²) in [5.74, 6) is 2.06. The topological polar surface area (TPSA) is 76.8 Å². The van der Waals surface area contributed by atoms with Crippen molar-refractivity contribution in [1.82, 2.24) is 10.2 Å². The highest BCUT2D eigenvalue weighted by molar-refractivity contribution is 5.67. The normalized spacial score (nSPS) is 18.1. The monoisotopic (exact) mass is 479 g/mol. The third-order valence-corrected chi connectivity index (χ3v) is 7.66. The summed E-state index contributed by atoms with van der Waals surface area (Å²) in [4.78, 5) is 14.6. The molecule has 190 valence electrons. The molecule has 2 aliphatic rings. The maximum atomic E-state index is 12.8. The van der Waals surface area contributed by atoms with Gasteiger partial charge in [-0.2, -0.15) is 0 Å². The minimum absolute atomic E-state index is 0.108. The Balaban J connectivity index is 1.37. The van der Waals surface area contributed by atoms with E-state index < -0.39 is 0 Å². The highest BCUT2D eigenvalue weighted by atomic mass is 16.6. The fourth-order valence-electron chi connectivity index (χ4n) is 5.44. The number of carbonyl (C=O) groups excluding carboxylic acids is 1. The van der Waals surface area contributed by atoms with E-state index in [2.05, 4.69) is 5.32 Å². The molecule has 0 aromatic heterocycles. The molecule has 0 radical (unpaired) electrons. The van der Waals surface area contributed by atoms with Gasteiger partial charge in [0.15, 0.2) is 0 Å². The highest BCUT2D eigenvalue weighted by Gasteiger charge is 2.27. The van der Waals surface area contributed by atoms with Gasteiger partial charge in [-0.3, -0.25) is 0 Å². The van der Waals surface area contributed by atoms with Crippen LogP contribution in [0.3, 0.4) is 0 Å². The maximum Gasteiger partial charge on any atom is 0.409 e. The lowest BCUT2D eigenvalue weighted by Gasteiger charge is -2.33. The number of para-hydroxylation sites is 1. The Morgan fingerprint density at radius 1 is 0.971 bits per heavy atom. The molecule has 2 aromatic carbocycles. The second kappa shape index (κ2) is 12.8. The molecule has 4 rings (SSSR count). The van der Waals surface area contributed by atoms with Crippen molar-refractivity contribution in [3.8, 4) is 11.5 Å². The van der Waals surface area contributed by atoms with Crippen molar-refractivity contribution in [1.29, 1.82) is 0 Å². The zero-order chi connectivity index (χ0) is 24.5. The van der Waals surface area contributed by atoms with Gasteiger partial charge in [-0.25, -0.2) is 4.79 Å². The lowest BCUT2D eigenvalue weighted by Crippen LogP contribution is -2.44. The summed E-state index contributed by atoms with van der Waals surface area (Å²) in [5, 5.41) is 3.68. The third-order valence-electron chi connectivity index (χ3n) is 7.66. The van der Waals surface area contributed by atoms with E-state index in [0.717, 1.165) is 35.6 Å². The first kappa shape index (κ1) is 25.4. The van der Waals surface area contributed by atoms with Crippen molar-refractivity contribution in [2.24, 2.45) is 5.92 Å². The molecule has 1 atom stereocenters. The summed E-state index contributed by atoms with van der Waals surface area (Å²) in [6, 6.07) is 16.0. The lowest BCUT2D eigenvalue weighted by atomic mass is 9.84. The second-order valence-corrected chi connectivity index (χ2v) is 10.1. The molecule has 6 nitrogen and oxygen atoms in total. The Labute approximate surface area is 210 Å². The molecule has 1 amide bonds. The van der Waals surface area contributed by atoms with Crippen LogP contribution in [0.5, 0.6) is 11.5 Å². The van der Waals surface area contributed by atoms with Gasteiger partial charge in [0.2, 0.25) is 0 Å². The van der Waals surface area contributed by atoms with Crippen LogP contribution >= 0.6 is 0 Å². The van der Waals surface area contributed by atoms with Gasteiger partial charge in [0.1, 0.15) is 18.1 Å². The fraction of sp³-hybridized carbons (Fsp3) is 0.552. The van der Waals surface area contributed by atoms with Gasteiger partial charge in [-0.1, -0.05) is 56.7 Å². The smallest absolute Gasteiger partial charge is 0.409 e. The van der Waals surface area contributed by atoms with Crippen molar-refractivity contribution in [3.63, 3.8) is 0 Å². The number of amides is 1. The van der Waals surface area contributed by atoms with Crippen LogP contribution in [-0.4, -0.2) is 36.7 Å². The number of rotatable bonds is 9. The molecule has 6 heteroatoms. The number of nitrogens with zero attached hydrogens (tertiary/aromatic N) is 1. The molecule has 2 aliphatic carbocycles. The Bertz CT molecular complexity index is 924. The first-order chi connectivity index (χ1) is 17.1. The van der Waals surface area contributed by atoms with Crippen LogP contribution in [0.15, 0.2) is 48.5 Å².